The van der Waals surface area contributed by atoms with Gasteiger partial charge in [0.15, 0.2) is 0 Å². The summed E-state index contributed by atoms with van der Waals surface area (Å²) in [5.74, 6) is 0.819. The number of nitrogens with one attached hydrogen (secondary N) is 1. The fourth-order valence-corrected chi connectivity index (χ4v) is 4.21. The second-order valence-electron chi connectivity index (χ2n) is 6.74. The smallest absolute Gasteiger partial charge is 0.226 e. The maximum Gasteiger partial charge on any atom is 0.226 e. The van der Waals surface area contributed by atoms with Gasteiger partial charge in [0.1, 0.15) is 0 Å². The second-order valence-corrected chi connectivity index (χ2v) is 6.74. The normalized spacial score (nSPS) is 38.8. The van der Waals surface area contributed by atoms with Crippen LogP contribution in [0.4, 0.5) is 0 Å². The fraction of sp³-hybridized carbons (Fsp3) is 0.933. The molecule has 3 heteroatoms. The van der Waals surface area contributed by atoms with Crippen molar-refractivity contribution >= 4 is 5.91 Å². The van der Waals surface area contributed by atoms with Gasteiger partial charge in [-0.15, -0.1) is 0 Å². The van der Waals surface area contributed by atoms with E-state index in [2.05, 4.69) is 24.1 Å². The van der Waals surface area contributed by atoms with Crippen molar-refractivity contribution in [2.45, 2.75) is 64.5 Å². The Morgan fingerprint density at radius 1 is 1.17 bits per heavy atom. The number of hydrogen-bond donors (Lipinski definition) is 1. The van der Waals surface area contributed by atoms with Crippen LogP contribution >= 0.6 is 0 Å². The molecule has 0 aromatic rings. The quantitative estimate of drug-likeness (QED) is 0.773. The summed E-state index contributed by atoms with van der Waals surface area (Å²) >= 11 is 0. The van der Waals surface area contributed by atoms with Gasteiger partial charge < -0.3 is 10.2 Å². The minimum atomic E-state index is 0.350. The lowest BCUT2D eigenvalue weighted by atomic mass is 9.90. The Labute approximate surface area is 110 Å². The fourth-order valence-electron chi connectivity index (χ4n) is 4.21. The predicted octanol–water partition coefficient (Wildman–Crippen LogP) is 2.17. The Balaban J connectivity index is 1.68. The van der Waals surface area contributed by atoms with Crippen molar-refractivity contribution in [2.75, 3.05) is 13.1 Å². The summed E-state index contributed by atoms with van der Waals surface area (Å²) < 4.78 is 0. The summed E-state index contributed by atoms with van der Waals surface area (Å²) in [7, 11) is 0. The molecule has 18 heavy (non-hydrogen) atoms. The van der Waals surface area contributed by atoms with Crippen molar-refractivity contribution in [2.24, 2.45) is 11.3 Å². The van der Waals surface area contributed by atoms with Crippen LogP contribution in [0.3, 0.4) is 0 Å². The zero-order valence-electron chi connectivity index (χ0n) is 11.7. The van der Waals surface area contributed by atoms with Crippen LogP contribution in [0.5, 0.6) is 0 Å². The van der Waals surface area contributed by atoms with Crippen molar-refractivity contribution in [3.8, 4) is 0 Å². The summed E-state index contributed by atoms with van der Waals surface area (Å²) in [6.07, 6.45) is 7.24. The topological polar surface area (TPSA) is 32.3 Å². The number of carbonyl (C=O) groups is 1. The highest BCUT2D eigenvalue weighted by Gasteiger charge is 2.59. The Hall–Kier alpha value is -0.570. The zero-order chi connectivity index (χ0) is 12.8. The van der Waals surface area contributed by atoms with Gasteiger partial charge in [0, 0.05) is 18.0 Å². The minimum Gasteiger partial charge on any atom is -0.337 e. The third-order valence-corrected chi connectivity index (χ3v) is 5.54. The standard InChI is InChI=1S/C15H26N2O/c1-11-4-3-5-12(2)17(11)14(18)13-10-15(13)6-8-16-9-7-15/h11-13,16H,3-10H2,1-2H3/t11-,12+,13?. The van der Waals surface area contributed by atoms with E-state index in [-0.39, 0.29) is 0 Å². The maximum atomic E-state index is 12.8. The van der Waals surface area contributed by atoms with Crippen LogP contribution in [0.2, 0.25) is 0 Å². The van der Waals surface area contributed by atoms with Gasteiger partial charge in [0.2, 0.25) is 5.91 Å². The van der Waals surface area contributed by atoms with Crippen molar-refractivity contribution in [3.05, 3.63) is 0 Å². The molecular formula is C15H26N2O. The summed E-state index contributed by atoms with van der Waals surface area (Å²) in [6, 6.07) is 0.918. The Kier molecular flexibility index (Phi) is 3.13. The molecule has 2 heterocycles. The van der Waals surface area contributed by atoms with Crippen LogP contribution in [0.25, 0.3) is 0 Å². The Morgan fingerprint density at radius 2 is 1.78 bits per heavy atom. The lowest BCUT2D eigenvalue weighted by molar-refractivity contribution is -0.139. The molecule has 102 valence electrons. The first-order chi connectivity index (χ1) is 8.64. The van der Waals surface area contributed by atoms with Gasteiger partial charge in [-0.2, -0.15) is 0 Å². The van der Waals surface area contributed by atoms with Crippen molar-refractivity contribution < 1.29 is 4.79 Å². The molecule has 3 aliphatic rings. The van der Waals surface area contributed by atoms with Gasteiger partial charge >= 0.3 is 0 Å². The zero-order valence-corrected chi connectivity index (χ0v) is 11.7. The van der Waals surface area contributed by atoms with E-state index in [9.17, 15) is 4.79 Å². The lowest BCUT2D eigenvalue weighted by Gasteiger charge is -2.40. The molecule has 3 atom stereocenters. The van der Waals surface area contributed by atoms with Crippen molar-refractivity contribution in [3.63, 3.8) is 0 Å². The van der Waals surface area contributed by atoms with Crippen molar-refractivity contribution in [1.82, 2.24) is 10.2 Å². The van der Waals surface area contributed by atoms with Crippen LogP contribution in [-0.2, 0) is 4.79 Å². The SMILES string of the molecule is C[C@@H]1CCC[C@H](C)N1C(=O)C1CC12CCNCC2. The monoisotopic (exact) mass is 250 g/mol. The summed E-state index contributed by atoms with van der Waals surface area (Å²) in [5.41, 5.74) is 0.388. The summed E-state index contributed by atoms with van der Waals surface area (Å²) in [5, 5.41) is 3.41. The summed E-state index contributed by atoms with van der Waals surface area (Å²) in [4.78, 5) is 15.0. The number of amides is 1. The number of hydrogen-bond acceptors (Lipinski definition) is 2. The minimum absolute atomic E-state index is 0.350. The van der Waals surface area contributed by atoms with E-state index < -0.39 is 0 Å². The molecule has 3 fully saturated rings. The van der Waals surface area contributed by atoms with E-state index >= 15 is 0 Å². The first-order valence-electron chi connectivity index (χ1n) is 7.67. The molecule has 1 saturated carbocycles. The largest absolute Gasteiger partial charge is 0.337 e. The van der Waals surface area contributed by atoms with E-state index in [4.69, 9.17) is 0 Å². The molecule has 3 rings (SSSR count). The highest BCUT2D eigenvalue weighted by Crippen LogP contribution is 2.59. The van der Waals surface area contributed by atoms with Gasteiger partial charge in [-0.3, -0.25) is 4.79 Å². The molecule has 2 aliphatic heterocycles. The van der Waals surface area contributed by atoms with E-state index in [1.54, 1.807) is 0 Å². The van der Waals surface area contributed by atoms with Crippen molar-refractivity contribution in [1.29, 1.82) is 0 Å². The molecule has 0 radical (unpaired) electrons. The van der Waals surface area contributed by atoms with Crippen LogP contribution in [0.1, 0.15) is 52.4 Å². The first kappa shape index (κ1) is 12.5. The average Bonchev–Trinajstić information content (AvgIpc) is 3.03. The molecule has 0 aromatic heterocycles. The third-order valence-electron chi connectivity index (χ3n) is 5.54. The lowest BCUT2D eigenvalue weighted by Crippen LogP contribution is -2.49. The van der Waals surface area contributed by atoms with Gasteiger partial charge in [-0.1, -0.05) is 0 Å². The first-order valence-corrected chi connectivity index (χ1v) is 7.67. The highest BCUT2D eigenvalue weighted by molar-refractivity contribution is 5.83. The summed E-state index contributed by atoms with van der Waals surface area (Å²) in [6.45, 7) is 6.67. The van der Waals surface area contributed by atoms with Gasteiger partial charge in [0.25, 0.3) is 0 Å². The van der Waals surface area contributed by atoms with Gasteiger partial charge in [0.05, 0.1) is 0 Å². The van der Waals surface area contributed by atoms with Crippen LogP contribution in [0, 0.1) is 11.3 Å². The van der Waals surface area contributed by atoms with Crippen LogP contribution in [-0.4, -0.2) is 36.0 Å². The number of likely N-dealkylation sites (tertiary alicyclic amines) is 1. The van der Waals surface area contributed by atoms with E-state index in [1.165, 1.54) is 32.1 Å². The molecule has 0 aromatic carbocycles. The number of rotatable bonds is 1. The molecule has 2 saturated heterocycles. The molecule has 1 N–H and O–H groups in total. The van der Waals surface area contributed by atoms with Gasteiger partial charge in [-0.25, -0.2) is 0 Å². The Morgan fingerprint density at radius 3 is 2.39 bits per heavy atom. The molecule has 1 unspecified atom stereocenters. The number of carbonyl (C=O) groups excluding carboxylic acids is 1. The van der Waals surface area contributed by atoms with Crippen LogP contribution in [0.15, 0.2) is 0 Å². The predicted molar refractivity (Wildman–Crippen MR) is 72.3 cm³/mol. The molecular weight excluding hydrogens is 224 g/mol. The Bertz CT molecular complexity index is 325. The van der Waals surface area contributed by atoms with E-state index in [1.807, 2.05) is 0 Å². The molecule has 1 amide bonds. The molecule has 1 aliphatic carbocycles. The maximum absolute atomic E-state index is 12.8. The number of nitrogens with zero attached hydrogens (tertiary/aromatic N) is 1. The van der Waals surface area contributed by atoms with Crippen LogP contribution < -0.4 is 5.32 Å². The van der Waals surface area contributed by atoms with E-state index in [0.29, 0.717) is 29.3 Å². The highest BCUT2D eigenvalue weighted by atomic mass is 16.2. The van der Waals surface area contributed by atoms with Gasteiger partial charge in [-0.05, 0) is 70.9 Å². The number of piperidine rings is 2. The second kappa shape index (κ2) is 4.52. The molecule has 1 spiro atoms. The average molecular weight is 250 g/mol. The third kappa shape index (κ3) is 1.97. The molecule has 3 nitrogen and oxygen atoms in total. The van der Waals surface area contributed by atoms with E-state index in [0.717, 1.165) is 19.5 Å². The molecule has 0 bridgehead atoms.